The summed E-state index contributed by atoms with van der Waals surface area (Å²) in [5.74, 6) is -1.07. The number of carbonyl (C=O) groups is 1. The molecule has 108 valence electrons. The number of aryl methyl sites for hydroxylation is 1. The van der Waals surface area contributed by atoms with Gasteiger partial charge in [-0.05, 0) is 25.0 Å². The van der Waals surface area contributed by atoms with Gasteiger partial charge < -0.3 is 10.0 Å². The third-order valence-electron chi connectivity index (χ3n) is 3.36. The second-order valence-corrected chi connectivity index (χ2v) is 4.70. The van der Waals surface area contributed by atoms with Crippen molar-refractivity contribution in [3.05, 3.63) is 41.0 Å². The van der Waals surface area contributed by atoms with Gasteiger partial charge in [0.2, 0.25) is 0 Å². The normalized spacial score (nSPS) is 16.0. The number of benzene rings is 1. The summed E-state index contributed by atoms with van der Waals surface area (Å²) in [4.78, 5) is 12.9. The Balaban J connectivity index is 2.32. The molecule has 0 aromatic heterocycles. The van der Waals surface area contributed by atoms with E-state index >= 15 is 0 Å². The summed E-state index contributed by atoms with van der Waals surface area (Å²) >= 11 is 0. The van der Waals surface area contributed by atoms with Crippen LogP contribution in [0.3, 0.4) is 0 Å². The van der Waals surface area contributed by atoms with Gasteiger partial charge in [0.05, 0.1) is 11.3 Å². The second-order valence-electron chi connectivity index (χ2n) is 4.70. The Morgan fingerprint density at radius 1 is 1.35 bits per heavy atom. The maximum atomic E-state index is 12.6. The largest absolute Gasteiger partial charge is 0.478 e. The number of nitrogens with zero attached hydrogens (tertiary/aromatic N) is 1. The van der Waals surface area contributed by atoms with Gasteiger partial charge in [0.15, 0.2) is 0 Å². The van der Waals surface area contributed by atoms with E-state index in [1.165, 1.54) is 6.07 Å². The highest BCUT2D eigenvalue weighted by Crippen LogP contribution is 2.33. The molecule has 6 heteroatoms. The van der Waals surface area contributed by atoms with Crippen LogP contribution in [-0.2, 0) is 0 Å². The second kappa shape index (κ2) is 5.19. The molecule has 0 radical (unpaired) electrons. The number of hydrogen-bond donors (Lipinski definition) is 1. The number of hydrogen-bond acceptors (Lipinski definition) is 2. The van der Waals surface area contributed by atoms with Gasteiger partial charge in [0.25, 0.3) is 0 Å². The molecule has 20 heavy (non-hydrogen) atoms. The Morgan fingerprint density at radius 2 is 2.05 bits per heavy atom. The van der Waals surface area contributed by atoms with Crippen LogP contribution in [0.1, 0.15) is 22.3 Å². The van der Waals surface area contributed by atoms with E-state index in [4.69, 9.17) is 0 Å². The van der Waals surface area contributed by atoms with Crippen LogP contribution in [0.15, 0.2) is 29.8 Å². The van der Waals surface area contributed by atoms with Crippen LogP contribution in [-0.4, -0.2) is 30.3 Å². The molecule has 0 spiro atoms. The summed E-state index contributed by atoms with van der Waals surface area (Å²) < 4.78 is 37.7. The summed E-state index contributed by atoms with van der Waals surface area (Å²) in [6.07, 6.45) is -3.30. The first-order valence-electron chi connectivity index (χ1n) is 6.15. The standard InChI is InChI=1S/C14H14F3NO2/c1-9-3-2-4-11(13(19)20)12(9)18-7-5-10(6-8-18)14(15,16)17/h2-5H,6-8H2,1H3,(H,19,20). The molecule has 0 amide bonds. The average Bonchev–Trinajstić information content (AvgIpc) is 2.37. The summed E-state index contributed by atoms with van der Waals surface area (Å²) in [6.45, 7) is 1.99. The summed E-state index contributed by atoms with van der Waals surface area (Å²) in [6, 6.07) is 4.85. The fraction of sp³-hybridized carbons (Fsp3) is 0.357. The monoisotopic (exact) mass is 285 g/mol. The SMILES string of the molecule is Cc1cccc(C(=O)O)c1N1CC=C(C(F)(F)F)CC1. The number of anilines is 1. The Morgan fingerprint density at radius 3 is 2.55 bits per heavy atom. The molecule has 0 bridgehead atoms. The number of rotatable bonds is 2. The van der Waals surface area contributed by atoms with Crippen molar-refractivity contribution in [1.29, 1.82) is 0 Å². The molecular formula is C14H14F3NO2. The molecule has 1 heterocycles. The van der Waals surface area contributed by atoms with E-state index in [1.807, 2.05) is 0 Å². The van der Waals surface area contributed by atoms with Crippen molar-refractivity contribution in [3.63, 3.8) is 0 Å². The molecular weight excluding hydrogens is 271 g/mol. The highest BCUT2D eigenvalue weighted by Gasteiger charge is 2.35. The van der Waals surface area contributed by atoms with Gasteiger partial charge in [-0.2, -0.15) is 13.2 Å². The number of halogens is 3. The average molecular weight is 285 g/mol. The minimum absolute atomic E-state index is 0.0694. The van der Waals surface area contributed by atoms with E-state index < -0.39 is 17.7 Å². The van der Waals surface area contributed by atoms with Crippen molar-refractivity contribution in [1.82, 2.24) is 0 Å². The first-order chi connectivity index (χ1) is 9.30. The van der Waals surface area contributed by atoms with E-state index in [2.05, 4.69) is 0 Å². The molecule has 3 nitrogen and oxygen atoms in total. The maximum absolute atomic E-state index is 12.6. The highest BCUT2D eigenvalue weighted by molar-refractivity contribution is 5.95. The van der Waals surface area contributed by atoms with Crippen molar-refractivity contribution in [2.24, 2.45) is 0 Å². The van der Waals surface area contributed by atoms with Crippen molar-refractivity contribution in [3.8, 4) is 0 Å². The Bertz CT molecular complexity index is 564. The van der Waals surface area contributed by atoms with Gasteiger partial charge in [-0.1, -0.05) is 18.2 Å². The van der Waals surface area contributed by atoms with Gasteiger partial charge in [0, 0.05) is 18.7 Å². The smallest absolute Gasteiger partial charge is 0.412 e. The molecule has 2 rings (SSSR count). The molecule has 1 aliphatic heterocycles. The predicted octanol–water partition coefficient (Wildman–Crippen LogP) is 3.39. The first-order valence-corrected chi connectivity index (χ1v) is 6.15. The van der Waals surface area contributed by atoms with Gasteiger partial charge in [-0.3, -0.25) is 0 Å². The summed E-state index contributed by atoms with van der Waals surface area (Å²) in [7, 11) is 0. The lowest BCUT2D eigenvalue weighted by atomic mass is 10.0. The minimum Gasteiger partial charge on any atom is -0.478 e. The molecule has 0 saturated heterocycles. The zero-order valence-electron chi connectivity index (χ0n) is 10.9. The zero-order chi connectivity index (χ0) is 14.9. The Labute approximate surface area is 114 Å². The number of aromatic carboxylic acids is 1. The minimum atomic E-state index is -4.30. The molecule has 1 N–H and O–H groups in total. The van der Waals surface area contributed by atoms with Crippen molar-refractivity contribution < 1.29 is 23.1 Å². The number of carboxylic acids is 1. The van der Waals surface area contributed by atoms with Gasteiger partial charge in [-0.25, -0.2) is 4.79 Å². The lowest BCUT2D eigenvalue weighted by Gasteiger charge is -2.31. The Hall–Kier alpha value is -1.98. The fourth-order valence-electron chi connectivity index (χ4n) is 2.38. The molecule has 0 aliphatic carbocycles. The molecule has 0 saturated carbocycles. The van der Waals surface area contributed by atoms with Crippen LogP contribution < -0.4 is 4.90 Å². The van der Waals surface area contributed by atoms with Crippen molar-refractivity contribution >= 4 is 11.7 Å². The molecule has 1 aromatic rings. The molecule has 0 fully saturated rings. The fourth-order valence-corrected chi connectivity index (χ4v) is 2.38. The van der Waals surface area contributed by atoms with Gasteiger partial charge in [0.1, 0.15) is 0 Å². The Kier molecular flexibility index (Phi) is 3.74. The van der Waals surface area contributed by atoms with Crippen molar-refractivity contribution in [2.45, 2.75) is 19.5 Å². The summed E-state index contributed by atoms with van der Waals surface area (Å²) in [5, 5.41) is 9.18. The topological polar surface area (TPSA) is 40.5 Å². The molecule has 1 aromatic carbocycles. The van der Waals surface area contributed by atoms with Gasteiger partial charge >= 0.3 is 12.1 Å². The maximum Gasteiger partial charge on any atom is 0.412 e. The van der Waals surface area contributed by atoms with Crippen LogP contribution in [0.25, 0.3) is 0 Å². The van der Waals surface area contributed by atoms with E-state index in [-0.39, 0.29) is 25.1 Å². The third-order valence-corrected chi connectivity index (χ3v) is 3.36. The molecule has 0 atom stereocenters. The first kappa shape index (κ1) is 14.4. The van der Waals surface area contributed by atoms with E-state index in [1.54, 1.807) is 24.0 Å². The number of para-hydroxylation sites is 1. The van der Waals surface area contributed by atoms with Gasteiger partial charge in [-0.15, -0.1) is 0 Å². The van der Waals surface area contributed by atoms with Crippen LogP contribution >= 0.6 is 0 Å². The number of carboxylic acid groups (broad SMARTS) is 1. The van der Waals surface area contributed by atoms with E-state index in [0.717, 1.165) is 11.6 Å². The predicted molar refractivity (Wildman–Crippen MR) is 69.1 cm³/mol. The van der Waals surface area contributed by atoms with Crippen LogP contribution in [0.2, 0.25) is 0 Å². The summed E-state index contributed by atoms with van der Waals surface area (Å²) in [5.41, 5.74) is 0.819. The van der Waals surface area contributed by atoms with E-state index in [9.17, 15) is 23.1 Å². The lowest BCUT2D eigenvalue weighted by molar-refractivity contribution is -0.0944. The van der Waals surface area contributed by atoms with E-state index in [0.29, 0.717) is 5.69 Å². The van der Waals surface area contributed by atoms with Crippen LogP contribution in [0.5, 0.6) is 0 Å². The van der Waals surface area contributed by atoms with Crippen LogP contribution in [0, 0.1) is 6.92 Å². The third kappa shape index (κ3) is 2.79. The lowest BCUT2D eigenvalue weighted by Crippen LogP contribution is -2.33. The highest BCUT2D eigenvalue weighted by atomic mass is 19.4. The molecule has 0 unspecified atom stereocenters. The van der Waals surface area contributed by atoms with Crippen molar-refractivity contribution in [2.75, 3.05) is 18.0 Å². The quantitative estimate of drug-likeness (QED) is 0.847. The number of alkyl halides is 3. The molecule has 1 aliphatic rings. The van der Waals surface area contributed by atoms with Crippen LogP contribution in [0.4, 0.5) is 18.9 Å². The zero-order valence-corrected chi connectivity index (χ0v) is 10.9.